The van der Waals surface area contributed by atoms with Crippen LogP contribution in [-0.4, -0.2) is 41.2 Å². The minimum absolute atomic E-state index is 0.0768. The van der Waals surface area contributed by atoms with Gasteiger partial charge in [0.1, 0.15) is 12.7 Å². The van der Waals surface area contributed by atoms with Gasteiger partial charge in [-0.3, -0.25) is 9.48 Å². The van der Waals surface area contributed by atoms with Gasteiger partial charge in [-0.15, -0.1) is 10.2 Å². The van der Waals surface area contributed by atoms with E-state index in [-0.39, 0.29) is 17.7 Å². The van der Waals surface area contributed by atoms with E-state index in [9.17, 15) is 4.79 Å². The van der Waals surface area contributed by atoms with Crippen molar-refractivity contribution < 1.29 is 4.79 Å². The highest BCUT2D eigenvalue weighted by atomic mass is 32.2. The minimum Gasteiger partial charge on any atom is -0.347 e. The number of hydrogen-bond donors (Lipinski definition) is 1. The fourth-order valence-electron chi connectivity index (χ4n) is 3.50. The number of carbonyl (C=O) groups is 1. The van der Waals surface area contributed by atoms with Crippen molar-refractivity contribution in [2.75, 3.05) is 5.75 Å². The van der Waals surface area contributed by atoms with Crippen molar-refractivity contribution in [3.05, 3.63) is 78.4 Å². The molecule has 4 rings (SSSR count). The number of rotatable bonds is 9. The molecule has 1 amide bonds. The number of thioether (sulfide) groups is 1. The van der Waals surface area contributed by atoms with Gasteiger partial charge in [-0.05, 0) is 25.0 Å². The molecule has 0 saturated heterocycles. The molecule has 0 fully saturated rings. The molecule has 1 unspecified atom stereocenters. The first-order valence-corrected chi connectivity index (χ1v) is 11.4. The summed E-state index contributed by atoms with van der Waals surface area (Å²) in [7, 11) is 0. The summed E-state index contributed by atoms with van der Waals surface area (Å²) in [5, 5.41) is 16.8. The Balaban J connectivity index is 1.45. The molecule has 0 aliphatic heterocycles. The van der Waals surface area contributed by atoms with E-state index in [2.05, 4.69) is 45.5 Å². The molecule has 0 aliphatic carbocycles. The van der Waals surface area contributed by atoms with Crippen LogP contribution in [0.25, 0.3) is 11.4 Å². The first-order chi connectivity index (χ1) is 15.7. The van der Waals surface area contributed by atoms with Crippen LogP contribution < -0.4 is 5.32 Å². The molecular weight excluding hydrogens is 422 g/mol. The second-order valence-corrected chi connectivity index (χ2v) is 8.24. The molecule has 2 aromatic heterocycles. The number of amides is 1. The minimum atomic E-state index is -0.211. The molecule has 0 radical (unpaired) electrons. The number of carbonyl (C=O) groups excluding carboxylic acids is 1. The van der Waals surface area contributed by atoms with E-state index in [0.29, 0.717) is 6.54 Å². The van der Waals surface area contributed by atoms with Gasteiger partial charge in [0.25, 0.3) is 0 Å². The SMILES string of the molecule is CCn1c(SCC(=O)NC(Cn2cncn2)c2ccccc2)nnc1-c1ccccc1C. The monoisotopic (exact) mass is 447 g/mol. The standard InChI is InChI=1S/C23H25N7OS/c1-3-30-22(19-12-8-7-9-17(19)2)27-28-23(30)32-14-21(31)26-20(13-29-16-24-15-25-29)18-10-5-4-6-11-18/h4-12,15-16,20H,3,13-14H2,1-2H3,(H,26,31). The Morgan fingerprint density at radius 3 is 2.59 bits per heavy atom. The third-order valence-electron chi connectivity index (χ3n) is 5.12. The van der Waals surface area contributed by atoms with Crippen molar-refractivity contribution in [2.24, 2.45) is 0 Å². The van der Waals surface area contributed by atoms with Crippen LogP contribution >= 0.6 is 11.8 Å². The van der Waals surface area contributed by atoms with Crippen molar-refractivity contribution in [1.29, 1.82) is 0 Å². The Labute approximate surface area is 191 Å². The zero-order valence-corrected chi connectivity index (χ0v) is 18.9. The van der Waals surface area contributed by atoms with Crippen molar-refractivity contribution in [3.63, 3.8) is 0 Å². The fourth-order valence-corrected chi connectivity index (χ4v) is 4.32. The summed E-state index contributed by atoms with van der Waals surface area (Å²) in [5.41, 5.74) is 3.21. The first kappa shape index (κ1) is 21.8. The Hall–Kier alpha value is -3.46. The van der Waals surface area contributed by atoms with Gasteiger partial charge in [0, 0.05) is 12.1 Å². The molecule has 9 heteroatoms. The van der Waals surface area contributed by atoms with Crippen LogP contribution in [0.15, 0.2) is 72.4 Å². The second kappa shape index (κ2) is 10.2. The third kappa shape index (κ3) is 5.05. The highest BCUT2D eigenvalue weighted by Gasteiger charge is 2.19. The van der Waals surface area contributed by atoms with Gasteiger partial charge in [0.2, 0.25) is 5.91 Å². The summed E-state index contributed by atoms with van der Waals surface area (Å²) in [6.07, 6.45) is 3.14. The van der Waals surface area contributed by atoms with Crippen molar-refractivity contribution in [2.45, 2.75) is 38.1 Å². The number of aryl methyl sites for hydroxylation is 1. The van der Waals surface area contributed by atoms with Gasteiger partial charge in [-0.1, -0.05) is 66.4 Å². The molecule has 0 saturated carbocycles. The van der Waals surface area contributed by atoms with Gasteiger partial charge >= 0.3 is 0 Å². The largest absolute Gasteiger partial charge is 0.347 e. The van der Waals surface area contributed by atoms with Crippen LogP contribution in [0.1, 0.15) is 24.1 Å². The van der Waals surface area contributed by atoms with Crippen LogP contribution in [0.4, 0.5) is 0 Å². The van der Waals surface area contributed by atoms with Crippen LogP contribution in [0.5, 0.6) is 0 Å². The summed E-state index contributed by atoms with van der Waals surface area (Å²) in [5.74, 6) is 0.987. The van der Waals surface area contributed by atoms with E-state index >= 15 is 0 Å². The molecule has 0 bridgehead atoms. The molecule has 1 atom stereocenters. The maximum absolute atomic E-state index is 12.8. The summed E-state index contributed by atoms with van der Waals surface area (Å²) in [6, 6.07) is 17.8. The topological polar surface area (TPSA) is 90.5 Å². The molecule has 0 spiro atoms. The normalized spacial score (nSPS) is 11.9. The number of aromatic nitrogens is 6. The Bertz CT molecular complexity index is 1160. The molecule has 2 aromatic carbocycles. The molecule has 8 nitrogen and oxygen atoms in total. The lowest BCUT2D eigenvalue weighted by Gasteiger charge is -2.19. The lowest BCUT2D eigenvalue weighted by molar-refractivity contribution is -0.119. The van der Waals surface area contributed by atoms with Crippen LogP contribution in [0.3, 0.4) is 0 Å². The Morgan fingerprint density at radius 2 is 1.88 bits per heavy atom. The van der Waals surface area contributed by atoms with E-state index in [1.54, 1.807) is 11.0 Å². The Morgan fingerprint density at radius 1 is 1.09 bits per heavy atom. The summed E-state index contributed by atoms with van der Waals surface area (Å²) in [6.45, 7) is 5.34. The van der Waals surface area contributed by atoms with E-state index in [4.69, 9.17) is 0 Å². The first-order valence-electron chi connectivity index (χ1n) is 10.4. The van der Waals surface area contributed by atoms with Gasteiger partial charge in [-0.2, -0.15) is 5.10 Å². The maximum atomic E-state index is 12.8. The molecule has 1 N–H and O–H groups in total. The number of nitrogens with zero attached hydrogens (tertiary/aromatic N) is 6. The average Bonchev–Trinajstić information content (AvgIpc) is 3.47. The lowest BCUT2D eigenvalue weighted by Crippen LogP contribution is -2.32. The van der Waals surface area contributed by atoms with E-state index in [1.165, 1.54) is 18.1 Å². The number of benzene rings is 2. The van der Waals surface area contributed by atoms with Crippen LogP contribution in [0, 0.1) is 6.92 Å². The number of nitrogens with one attached hydrogen (secondary N) is 1. The zero-order chi connectivity index (χ0) is 22.3. The van der Waals surface area contributed by atoms with Crippen molar-refractivity contribution >= 4 is 17.7 Å². The molecule has 0 aliphatic rings. The highest BCUT2D eigenvalue weighted by Crippen LogP contribution is 2.26. The fraction of sp³-hybridized carbons (Fsp3) is 0.261. The summed E-state index contributed by atoms with van der Waals surface area (Å²) < 4.78 is 3.76. The number of hydrogen-bond acceptors (Lipinski definition) is 6. The molecular formula is C23H25N7OS. The smallest absolute Gasteiger partial charge is 0.231 e. The van der Waals surface area contributed by atoms with Crippen LogP contribution in [-0.2, 0) is 17.9 Å². The zero-order valence-electron chi connectivity index (χ0n) is 18.0. The van der Waals surface area contributed by atoms with E-state index < -0.39 is 0 Å². The van der Waals surface area contributed by atoms with Crippen LogP contribution in [0.2, 0.25) is 0 Å². The van der Waals surface area contributed by atoms with E-state index in [0.717, 1.165) is 34.2 Å². The van der Waals surface area contributed by atoms with E-state index in [1.807, 2.05) is 53.1 Å². The Kier molecular flexibility index (Phi) is 6.96. The molecule has 2 heterocycles. The molecule has 164 valence electrons. The maximum Gasteiger partial charge on any atom is 0.231 e. The molecule has 32 heavy (non-hydrogen) atoms. The predicted octanol–water partition coefficient (Wildman–Crippen LogP) is 3.51. The van der Waals surface area contributed by atoms with Gasteiger partial charge in [0.15, 0.2) is 11.0 Å². The quantitative estimate of drug-likeness (QED) is 0.395. The third-order valence-corrected chi connectivity index (χ3v) is 6.09. The summed E-state index contributed by atoms with van der Waals surface area (Å²) >= 11 is 1.39. The van der Waals surface area contributed by atoms with Gasteiger partial charge in [-0.25, -0.2) is 4.98 Å². The van der Waals surface area contributed by atoms with Crippen molar-refractivity contribution in [3.8, 4) is 11.4 Å². The summed E-state index contributed by atoms with van der Waals surface area (Å²) in [4.78, 5) is 16.8. The highest BCUT2D eigenvalue weighted by molar-refractivity contribution is 7.99. The predicted molar refractivity (Wildman–Crippen MR) is 124 cm³/mol. The molecule has 4 aromatic rings. The van der Waals surface area contributed by atoms with Gasteiger partial charge < -0.3 is 9.88 Å². The van der Waals surface area contributed by atoms with Gasteiger partial charge in [0.05, 0.1) is 18.3 Å². The second-order valence-electron chi connectivity index (χ2n) is 7.30. The average molecular weight is 448 g/mol. The van der Waals surface area contributed by atoms with Crippen molar-refractivity contribution in [1.82, 2.24) is 34.8 Å². The lowest BCUT2D eigenvalue weighted by atomic mass is 10.1.